The van der Waals surface area contributed by atoms with Crippen LogP contribution in [0.25, 0.3) is 22.0 Å². The maximum absolute atomic E-state index is 15.2. The lowest BCUT2D eigenvalue weighted by Gasteiger charge is -2.41. The summed E-state index contributed by atoms with van der Waals surface area (Å²) in [5.74, 6) is 0.129. The number of aromatic nitrogens is 2. The fraction of sp³-hybridized carbons (Fsp3) is 0.452. The van der Waals surface area contributed by atoms with E-state index in [0.29, 0.717) is 58.1 Å². The Bertz CT molecular complexity index is 1620. The third kappa shape index (κ3) is 5.22. The molecule has 42 heavy (non-hydrogen) atoms. The summed E-state index contributed by atoms with van der Waals surface area (Å²) in [6, 6.07) is 5.06. The Morgan fingerprint density at radius 3 is 2.64 bits per heavy atom. The Hall–Kier alpha value is -2.95. The van der Waals surface area contributed by atoms with Gasteiger partial charge in [0.2, 0.25) is 5.91 Å². The molecule has 1 aromatic heterocycles. The number of piperazine rings is 1. The molecule has 0 saturated carbocycles. The first kappa shape index (κ1) is 29.1. The Morgan fingerprint density at radius 2 is 1.95 bits per heavy atom. The second kappa shape index (κ2) is 11.6. The third-order valence-corrected chi connectivity index (χ3v) is 10.4. The standard InChI is InChI=1S/C31H34ClF2N5O2S/c1-4-26(40)37-11-12-38(18(2)16-37)30-23-15-24(32)27(22-6-5-20(33)14-25(22)34)29-28(23)39(31(41)35-30)21(17-42-29)13-19-7-9-36(3)10-8-19/h4-6,14-15,18-19,21H,1,7-13,16-17H2,2-3H3/t18-,21-/m0/s1. The zero-order valence-corrected chi connectivity index (χ0v) is 25.4. The topological polar surface area (TPSA) is 61.7 Å². The summed E-state index contributed by atoms with van der Waals surface area (Å²) in [7, 11) is 2.13. The van der Waals surface area contributed by atoms with Crippen molar-refractivity contribution in [1.82, 2.24) is 19.4 Å². The third-order valence-electron chi connectivity index (χ3n) is 8.91. The number of anilines is 1. The summed E-state index contributed by atoms with van der Waals surface area (Å²) in [6.45, 7) is 9.08. The van der Waals surface area contributed by atoms with Crippen molar-refractivity contribution in [2.24, 2.45) is 5.92 Å². The van der Waals surface area contributed by atoms with Gasteiger partial charge in [-0.2, -0.15) is 4.98 Å². The molecule has 0 N–H and O–H groups in total. The normalized spacial score (nSPS) is 21.6. The first-order chi connectivity index (χ1) is 20.2. The Kier molecular flexibility index (Phi) is 8.06. The van der Waals surface area contributed by atoms with Crippen molar-refractivity contribution in [1.29, 1.82) is 0 Å². The van der Waals surface area contributed by atoms with E-state index in [-0.39, 0.29) is 29.2 Å². The second-order valence-electron chi connectivity index (χ2n) is 11.6. The van der Waals surface area contributed by atoms with Gasteiger partial charge in [0.05, 0.1) is 10.5 Å². The Balaban J connectivity index is 1.51. The van der Waals surface area contributed by atoms with Crippen LogP contribution in [-0.2, 0) is 4.79 Å². The molecule has 1 amide bonds. The van der Waals surface area contributed by atoms with Crippen molar-refractivity contribution in [3.63, 3.8) is 0 Å². The molecule has 0 bridgehead atoms. The maximum atomic E-state index is 15.2. The number of likely N-dealkylation sites (tertiary alicyclic amines) is 1. The molecule has 6 rings (SSSR count). The zero-order valence-electron chi connectivity index (χ0n) is 23.8. The number of benzene rings is 2. The van der Waals surface area contributed by atoms with Crippen LogP contribution in [0, 0.1) is 17.6 Å². The molecule has 2 atom stereocenters. The molecule has 7 nitrogen and oxygen atoms in total. The number of thioether (sulfide) groups is 1. The lowest BCUT2D eigenvalue weighted by molar-refractivity contribution is -0.126. The Labute approximate surface area is 253 Å². The van der Waals surface area contributed by atoms with E-state index in [1.165, 1.54) is 18.2 Å². The number of nitrogens with zero attached hydrogens (tertiary/aromatic N) is 5. The molecule has 222 valence electrons. The number of amides is 1. The average Bonchev–Trinajstić information content (AvgIpc) is 2.96. The van der Waals surface area contributed by atoms with E-state index < -0.39 is 11.6 Å². The van der Waals surface area contributed by atoms with Crippen LogP contribution in [0.15, 0.2) is 46.6 Å². The summed E-state index contributed by atoms with van der Waals surface area (Å²) in [5.41, 5.74) is 1.01. The van der Waals surface area contributed by atoms with Gasteiger partial charge in [0.25, 0.3) is 0 Å². The SMILES string of the molecule is C=CC(=O)N1CCN(c2nc(=O)n3c4c(c(-c5ccc(F)cc5F)c(Cl)cc24)SC[C@@H]3CC2CCN(C)CC2)[C@@H](C)C1. The van der Waals surface area contributed by atoms with Crippen LogP contribution in [0.2, 0.25) is 5.02 Å². The fourth-order valence-corrected chi connectivity index (χ4v) is 8.39. The summed E-state index contributed by atoms with van der Waals surface area (Å²) in [4.78, 5) is 37.7. The van der Waals surface area contributed by atoms with Crippen LogP contribution in [0.5, 0.6) is 0 Å². The van der Waals surface area contributed by atoms with E-state index in [1.54, 1.807) is 27.3 Å². The molecule has 4 heterocycles. The molecule has 0 radical (unpaired) electrons. The zero-order chi connectivity index (χ0) is 29.7. The van der Waals surface area contributed by atoms with Gasteiger partial charge in [-0.05, 0) is 76.5 Å². The van der Waals surface area contributed by atoms with Crippen molar-refractivity contribution in [2.45, 2.75) is 43.2 Å². The highest BCUT2D eigenvalue weighted by atomic mass is 35.5. The molecule has 0 aliphatic carbocycles. The highest BCUT2D eigenvalue weighted by Gasteiger charge is 2.35. The molecule has 3 aromatic rings. The second-order valence-corrected chi connectivity index (χ2v) is 13.1. The Morgan fingerprint density at radius 1 is 1.19 bits per heavy atom. The molecule has 3 aliphatic rings. The quantitative estimate of drug-likeness (QED) is 0.349. The van der Waals surface area contributed by atoms with Gasteiger partial charge >= 0.3 is 5.69 Å². The predicted octanol–water partition coefficient (Wildman–Crippen LogP) is 5.60. The van der Waals surface area contributed by atoms with E-state index in [4.69, 9.17) is 11.6 Å². The van der Waals surface area contributed by atoms with Gasteiger partial charge in [-0.3, -0.25) is 9.36 Å². The highest BCUT2D eigenvalue weighted by molar-refractivity contribution is 7.99. The van der Waals surface area contributed by atoms with Crippen molar-refractivity contribution in [2.75, 3.05) is 50.4 Å². The molecule has 0 unspecified atom stereocenters. The van der Waals surface area contributed by atoms with Gasteiger partial charge in [0.1, 0.15) is 17.5 Å². The minimum Gasteiger partial charge on any atom is -0.350 e. The largest absolute Gasteiger partial charge is 0.350 e. The van der Waals surface area contributed by atoms with E-state index in [0.717, 1.165) is 43.8 Å². The molecule has 2 aromatic carbocycles. The van der Waals surface area contributed by atoms with Crippen molar-refractivity contribution >= 4 is 46.0 Å². The summed E-state index contributed by atoms with van der Waals surface area (Å²) in [5, 5.41) is 1.03. The molecular formula is C31H34ClF2N5O2S. The van der Waals surface area contributed by atoms with E-state index >= 15 is 4.39 Å². The lowest BCUT2D eigenvalue weighted by atomic mass is 9.90. The lowest BCUT2D eigenvalue weighted by Crippen LogP contribution is -2.54. The number of carbonyl (C=O) groups is 1. The minimum atomic E-state index is -0.707. The molecule has 2 saturated heterocycles. The number of carbonyl (C=O) groups excluding carboxylic acids is 1. The summed E-state index contributed by atoms with van der Waals surface area (Å²) < 4.78 is 30.8. The van der Waals surface area contributed by atoms with Gasteiger partial charge in [-0.1, -0.05) is 18.2 Å². The van der Waals surface area contributed by atoms with Crippen LogP contribution in [0.1, 0.15) is 32.2 Å². The van der Waals surface area contributed by atoms with Gasteiger partial charge in [0.15, 0.2) is 0 Å². The number of piperidine rings is 1. The van der Waals surface area contributed by atoms with E-state index in [9.17, 15) is 14.0 Å². The monoisotopic (exact) mass is 613 g/mol. The van der Waals surface area contributed by atoms with E-state index in [1.807, 2.05) is 6.92 Å². The smallest absolute Gasteiger partial charge is 0.350 e. The summed E-state index contributed by atoms with van der Waals surface area (Å²) in [6.07, 6.45) is 4.32. The number of halogens is 3. The van der Waals surface area contributed by atoms with Crippen LogP contribution >= 0.6 is 23.4 Å². The summed E-state index contributed by atoms with van der Waals surface area (Å²) >= 11 is 8.48. The molecule has 11 heteroatoms. The van der Waals surface area contributed by atoms with Gasteiger partial charge in [0, 0.05) is 64.9 Å². The van der Waals surface area contributed by atoms with Crippen LogP contribution in [0.3, 0.4) is 0 Å². The highest BCUT2D eigenvalue weighted by Crippen LogP contribution is 2.49. The van der Waals surface area contributed by atoms with Crippen LogP contribution in [-0.4, -0.2) is 76.8 Å². The number of hydrogen-bond donors (Lipinski definition) is 0. The fourth-order valence-electron chi connectivity index (χ4n) is 6.68. The molecule has 2 fully saturated rings. The predicted molar refractivity (Wildman–Crippen MR) is 165 cm³/mol. The van der Waals surface area contributed by atoms with E-state index in [2.05, 4.69) is 28.4 Å². The van der Waals surface area contributed by atoms with Gasteiger partial charge in [-0.25, -0.2) is 13.6 Å². The first-order valence-corrected chi connectivity index (χ1v) is 15.8. The first-order valence-electron chi connectivity index (χ1n) is 14.4. The van der Waals surface area contributed by atoms with Crippen molar-refractivity contribution in [3.8, 4) is 11.1 Å². The van der Waals surface area contributed by atoms with Gasteiger partial charge < -0.3 is 14.7 Å². The molecule has 3 aliphatic heterocycles. The minimum absolute atomic E-state index is 0.0703. The van der Waals surface area contributed by atoms with Crippen LogP contribution in [0.4, 0.5) is 14.6 Å². The number of rotatable bonds is 5. The average molecular weight is 614 g/mol. The maximum Gasteiger partial charge on any atom is 0.350 e. The molecule has 0 spiro atoms. The number of hydrogen-bond acceptors (Lipinski definition) is 6. The van der Waals surface area contributed by atoms with Crippen LogP contribution < -0.4 is 10.6 Å². The van der Waals surface area contributed by atoms with Gasteiger partial charge in [-0.15, -0.1) is 11.8 Å². The van der Waals surface area contributed by atoms with Crippen molar-refractivity contribution < 1.29 is 13.6 Å². The van der Waals surface area contributed by atoms with Crippen molar-refractivity contribution in [3.05, 3.63) is 64.1 Å². The molecular weight excluding hydrogens is 580 g/mol.